The zero-order chi connectivity index (χ0) is 42.6. The van der Waals surface area contributed by atoms with Crippen LogP contribution in [0.5, 0.6) is 0 Å². The maximum absolute atomic E-state index is 12.4. The number of unbranched alkanes of at least 4 members (excludes halogenated alkanes) is 15. The number of esters is 2. The molecule has 3 atom stereocenters. The van der Waals surface area contributed by atoms with E-state index in [1.165, 1.54) is 51.4 Å². The summed E-state index contributed by atoms with van der Waals surface area (Å²) in [6, 6.07) is 0. The van der Waals surface area contributed by atoms with Crippen molar-refractivity contribution in [3.05, 3.63) is 72.9 Å². The number of rotatable bonds is 41. The summed E-state index contributed by atoms with van der Waals surface area (Å²) in [6.07, 6.45) is 48.7. The zero-order valence-corrected chi connectivity index (χ0v) is 37.1. The van der Waals surface area contributed by atoms with Crippen molar-refractivity contribution < 1.29 is 47.8 Å². The number of aliphatic hydroxyl groups excluding tert-OH is 2. The van der Waals surface area contributed by atoms with Gasteiger partial charge in [0.05, 0.1) is 26.4 Å². The van der Waals surface area contributed by atoms with Gasteiger partial charge in [0.2, 0.25) is 0 Å². The fourth-order valence-electron chi connectivity index (χ4n) is 5.72. The molecule has 0 aromatic carbocycles. The minimum Gasteiger partial charge on any atom is -0.457 e. The highest BCUT2D eigenvalue weighted by molar-refractivity contribution is 7.47. The Kier molecular flexibility index (Phi) is 40.6. The normalized spacial score (nSPS) is 14.5. The summed E-state index contributed by atoms with van der Waals surface area (Å²) in [5.74, 6) is -1.05. The highest BCUT2D eigenvalue weighted by atomic mass is 31.2. The van der Waals surface area contributed by atoms with E-state index < -0.39 is 58.4 Å². The van der Waals surface area contributed by atoms with Crippen LogP contribution >= 0.6 is 7.82 Å². The molecule has 0 radical (unpaired) electrons. The molecule has 0 aromatic heterocycles. The van der Waals surface area contributed by atoms with Crippen molar-refractivity contribution in [3.63, 3.8) is 0 Å². The first-order valence-corrected chi connectivity index (χ1v) is 23.9. The Bertz CT molecular complexity index is 1190. The number of phosphoric acid groups is 1. The summed E-state index contributed by atoms with van der Waals surface area (Å²) in [7, 11) is -4.65. The lowest BCUT2D eigenvalue weighted by Gasteiger charge is -2.20. The van der Waals surface area contributed by atoms with Gasteiger partial charge >= 0.3 is 19.8 Å². The highest BCUT2D eigenvalue weighted by Gasteiger charge is 2.27. The van der Waals surface area contributed by atoms with Gasteiger partial charge in [-0.25, -0.2) is 4.57 Å². The van der Waals surface area contributed by atoms with E-state index in [2.05, 4.69) is 86.8 Å². The van der Waals surface area contributed by atoms with E-state index in [0.29, 0.717) is 12.8 Å². The van der Waals surface area contributed by atoms with Crippen LogP contribution < -0.4 is 0 Å². The molecule has 0 fully saturated rings. The third-order valence-electron chi connectivity index (χ3n) is 9.15. The standard InChI is InChI=1S/C47H81O10P/c1-3-5-7-9-11-13-15-17-19-21-23-25-27-29-31-33-35-37-39-47(51)57-45(41-49)43-55-58(52,53)54-42-44(40-48)56-46(50)38-36-34-32-30-28-26-24-22-20-18-16-14-12-10-8-6-4-2/h6,8,12-15,18-21,24,26,44-45,48-49H,3-5,7,9-11,16-17,22-23,25,27-43H2,1-2H3,(H,52,53)/b8-6-,14-12-,15-13-,20-18-,21-19-,26-24-. The number of allylic oxidation sites excluding steroid dienone is 12. The molecule has 11 heteroatoms. The lowest BCUT2D eigenvalue weighted by atomic mass is 10.1. The van der Waals surface area contributed by atoms with Crippen molar-refractivity contribution in [2.45, 2.75) is 187 Å². The Morgan fingerprint density at radius 1 is 0.483 bits per heavy atom. The molecule has 58 heavy (non-hydrogen) atoms. The predicted octanol–water partition coefficient (Wildman–Crippen LogP) is 12.1. The van der Waals surface area contributed by atoms with E-state index in [4.69, 9.17) is 18.5 Å². The predicted molar refractivity (Wildman–Crippen MR) is 237 cm³/mol. The number of phosphoric ester groups is 1. The first-order chi connectivity index (χ1) is 28.3. The molecule has 0 aromatic rings. The van der Waals surface area contributed by atoms with Gasteiger partial charge < -0.3 is 24.6 Å². The van der Waals surface area contributed by atoms with Crippen molar-refractivity contribution in [1.82, 2.24) is 0 Å². The summed E-state index contributed by atoms with van der Waals surface area (Å²) in [6.45, 7) is 2.03. The first kappa shape index (κ1) is 55.4. The number of hydrogen-bond acceptors (Lipinski definition) is 9. The maximum atomic E-state index is 12.4. The molecule has 0 saturated carbocycles. The van der Waals surface area contributed by atoms with Gasteiger partial charge in [-0.05, 0) is 83.5 Å². The van der Waals surface area contributed by atoms with E-state index in [1.54, 1.807) is 0 Å². The molecule has 3 unspecified atom stereocenters. The van der Waals surface area contributed by atoms with Gasteiger partial charge in [0.25, 0.3) is 0 Å². The average molecular weight is 837 g/mol. The Hall–Kier alpha value is -2.59. The number of ether oxygens (including phenoxy) is 2. The SMILES string of the molecule is CC/C=C\C/C=C\C/C=C\C/C=C\CCCCCCC(=O)OC(CO)COP(=O)(O)OCC(CO)OC(=O)CCCCCCCCC/C=C\C/C=C\CCCCCC. The molecule has 10 nitrogen and oxygen atoms in total. The van der Waals surface area contributed by atoms with Gasteiger partial charge in [0.15, 0.2) is 0 Å². The van der Waals surface area contributed by atoms with Gasteiger partial charge in [0, 0.05) is 12.8 Å². The Labute approximate surface area is 352 Å². The van der Waals surface area contributed by atoms with Crippen molar-refractivity contribution in [2.24, 2.45) is 0 Å². The average Bonchev–Trinajstić information content (AvgIpc) is 3.21. The van der Waals surface area contributed by atoms with Gasteiger partial charge in [-0.2, -0.15) is 0 Å². The maximum Gasteiger partial charge on any atom is 0.472 e. The molecule has 0 aliphatic rings. The largest absolute Gasteiger partial charge is 0.472 e. The highest BCUT2D eigenvalue weighted by Crippen LogP contribution is 2.43. The second-order valence-corrected chi connectivity index (χ2v) is 16.1. The lowest BCUT2D eigenvalue weighted by Crippen LogP contribution is -2.28. The van der Waals surface area contributed by atoms with Crippen LogP contribution in [0.3, 0.4) is 0 Å². The zero-order valence-electron chi connectivity index (χ0n) is 36.2. The van der Waals surface area contributed by atoms with Crippen molar-refractivity contribution in [3.8, 4) is 0 Å². The molecule has 0 aliphatic heterocycles. The first-order valence-electron chi connectivity index (χ1n) is 22.4. The van der Waals surface area contributed by atoms with E-state index in [1.807, 2.05) is 0 Å². The van der Waals surface area contributed by atoms with Crippen LogP contribution in [0.1, 0.15) is 174 Å². The van der Waals surface area contributed by atoms with Crippen molar-refractivity contribution in [2.75, 3.05) is 26.4 Å². The molecule has 334 valence electrons. The Morgan fingerprint density at radius 2 is 0.810 bits per heavy atom. The van der Waals surface area contributed by atoms with E-state index in [-0.39, 0.29) is 12.8 Å². The van der Waals surface area contributed by atoms with Gasteiger partial charge in [-0.15, -0.1) is 0 Å². The summed E-state index contributed by atoms with van der Waals surface area (Å²) in [5, 5.41) is 19.2. The van der Waals surface area contributed by atoms with Crippen molar-refractivity contribution in [1.29, 1.82) is 0 Å². The van der Waals surface area contributed by atoms with Crippen LogP contribution in [0.4, 0.5) is 0 Å². The quantitative estimate of drug-likeness (QED) is 0.0235. The van der Waals surface area contributed by atoms with E-state index in [0.717, 1.165) is 83.5 Å². The molecule has 0 amide bonds. The van der Waals surface area contributed by atoms with Crippen molar-refractivity contribution >= 4 is 19.8 Å². The summed E-state index contributed by atoms with van der Waals surface area (Å²) < 4.78 is 32.6. The summed E-state index contributed by atoms with van der Waals surface area (Å²) in [5.41, 5.74) is 0. The van der Waals surface area contributed by atoms with Crippen LogP contribution in [-0.4, -0.2) is 65.7 Å². The number of carbonyl (C=O) groups is 2. The Balaban J connectivity index is 3.97. The molecule has 3 N–H and O–H groups in total. The van der Waals surface area contributed by atoms with Crippen LogP contribution in [0.25, 0.3) is 0 Å². The lowest BCUT2D eigenvalue weighted by molar-refractivity contribution is -0.153. The van der Waals surface area contributed by atoms with Gasteiger partial charge in [0.1, 0.15) is 12.2 Å². The third kappa shape index (κ3) is 40.2. The molecule has 0 heterocycles. The third-order valence-corrected chi connectivity index (χ3v) is 10.1. The molecule has 0 spiro atoms. The molecule has 0 aliphatic carbocycles. The van der Waals surface area contributed by atoms with Gasteiger partial charge in [-0.1, -0.05) is 151 Å². The van der Waals surface area contributed by atoms with E-state index >= 15 is 0 Å². The second-order valence-electron chi connectivity index (χ2n) is 14.6. The molecule has 0 rings (SSSR count). The molecular formula is C47H81O10P. The smallest absolute Gasteiger partial charge is 0.457 e. The monoisotopic (exact) mass is 837 g/mol. The minimum atomic E-state index is -4.65. The fraction of sp³-hybridized carbons (Fsp3) is 0.702. The molecular weight excluding hydrogens is 755 g/mol. The second kappa shape index (κ2) is 42.5. The van der Waals surface area contributed by atoms with Crippen LogP contribution in [0.2, 0.25) is 0 Å². The van der Waals surface area contributed by atoms with Crippen LogP contribution in [0.15, 0.2) is 72.9 Å². The summed E-state index contributed by atoms with van der Waals surface area (Å²) >= 11 is 0. The van der Waals surface area contributed by atoms with E-state index in [9.17, 15) is 29.3 Å². The molecule has 0 bridgehead atoms. The number of hydrogen-bond donors (Lipinski definition) is 3. The number of aliphatic hydroxyl groups is 2. The van der Waals surface area contributed by atoms with Crippen LogP contribution in [-0.2, 0) is 32.7 Å². The Morgan fingerprint density at radius 3 is 1.17 bits per heavy atom. The van der Waals surface area contributed by atoms with Crippen LogP contribution in [0, 0.1) is 0 Å². The minimum absolute atomic E-state index is 0.160. The van der Waals surface area contributed by atoms with Gasteiger partial charge in [-0.3, -0.25) is 18.6 Å². The number of carbonyl (C=O) groups excluding carboxylic acids is 2. The molecule has 0 saturated heterocycles. The topological polar surface area (TPSA) is 149 Å². The summed E-state index contributed by atoms with van der Waals surface area (Å²) in [4.78, 5) is 34.6. The fourth-order valence-corrected chi connectivity index (χ4v) is 6.51.